The lowest BCUT2D eigenvalue weighted by Gasteiger charge is -2.33. The zero-order valence-corrected chi connectivity index (χ0v) is 25.4. The fourth-order valence-corrected chi connectivity index (χ4v) is 5.50. The second-order valence-electron chi connectivity index (χ2n) is 10.3. The van der Waals surface area contributed by atoms with Crippen molar-refractivity contribution in [3.63, 3.8) is 0 Å². The number of amides is 1. The normalized spacial score (nSPS) is 12.3. The molecule has 2 aromatic heterocycles. The molecule has 0 saturated carbocycles. The summed E-state index contributed by atoms with van der Waals surface area (Å²) in [6.45, 7) is 6.59. The van der Waals surface area contributed by atoms with Gasteiger partial charge in [-0.15, -0.1) is 11.3 Å². The van der Waals surface area contributed by atoms with E-state index in [0.29, 0.717) is 31.3 Å². The summed E-state index contributed by atoms with van der Waals surface area (Å²) in [7, 11) is 0. The van der Waals surface area contributed by atoms with E-state index >= 15 is 0 Å². The Morgan fingerprint density at radius 1 is 1.12 bits per heavy atom. The molecule has 0 radical (unpaired) electrons. The van der Waals surface area contributed by atoms with Crippen LogP contribution in [0.2, 0.25) is 0 Å². The third-order valence-corrected chi connectivity index (χ3v) is 8.50. The molecule has 0 spiro atoms. The standard InChI is InChI=1S/C31H36N6O3S2/c1-3-23(2)29(21-35(20-28-10-7-15-42-28)31(41)33-17-24-8-5-4-6-9-24)34-30(38)16-27-18-32-22-36(27)19-25-11-13-26(14-12-25)37(39)40/h4-15,18,22-23,29H,3,16-17,19-21H2,1-2H3,(H,33,41)(H,34,38)/t23-,29+/m0/s1. The van der Waals surface area contributed by atoms with Gasteiger partial charge in [-0.25, -0.2) is 4.98 Å². The van der Waals surface area contributed by atoms with Crippen molar-refractivity contribution >= 4 is 40.3 Å². The molecule has 0 saturated heterocycles. The second kappa shape index (κ2) is 15.2. The smallest absolute Gasteiger partial charge is 0.269 e. The molecule has 0 bridgehead atoms. The molecule has 0 aliphatic rings. The van der Waals surface area contributed by atoms with E-state index in [0.717, 1.165) is 23.2 Å². The summed E-state index contributed by atoms with van der Waals surface area (Å²) in [4.78, 5) is 31.5. The Kier molecular flexibility index (Phi) is 11.2. The number of hydrogen-bond donors (Lipinski definition) is 2. The Morgan fingerprint density at radius 3 is 2.55 bits per heavy atom. The molecule has 0 aliphatic heterocycles. The van der Waals surface area contributed by atoms with E-state index in [1.54, 1.807) is 36.0 Å². The molecule has 1 amide bonds. The van der Waals surface area contributed by atoms with Crippen molar-refractivity contribution in [3.8, 4) is 0 Å². The minimum atomic E-state index is -0.419. The van der Waals surface area contributed by atoms with Gasteiger partial charge in [0.2, 0.25) is 5.91 Å². The van der Waals surface area contributed by atoms with Crippen LogP contribution in [0.5, 0.6) is 0 Å². The van der Waals surface area contributed by atoms with E-state index < -0.39 is 4.92 Å². The number of nitrogens with zero attached hydrogens (tertiary/aromatic N) is 4. The first kappa shape index (κ1) is 30.9. The van der Waals surface area contributed by atoms with E-state index in [1.165, 1.54) is 17.0 Å². The molecule has 11 heteroatoms. The predicted molar refractivity (Wildman–Crippen MR) is 170 cm³/mol. The van der Waals surface area contributed by atoms with Crippen LogP contribution in [0.3, 0.4) is 0 Å². The third kappa shape index (κ3) is 8.95. The highest BCUT2D eigenvalue weighted by Crippen LogP contribution is 2.17. The van der Waals surface area contributed by atoms with E-state index in [1.807, 2.05) is 28.8 Å². The monoisotopic (exact) mass is 604 g/mol. The number of thiocarbonyl (C=S) groups is 1. The number of rotatable bonds is 14. The van der Waals surface area contributed by atoms with Crippen LogP contribution in [0.4, 0.5) is 5.69 Å². The van der Waals surface area contributed by atoms with E-state index in [2.05, 4.69) is 57.9 Å². The SMILES string of the molecule is CC[C@H](C)[C@@H](CN(Cc1cccs1)C(=S)NCc1ccccc1)NC(=O)Cc1cncn1Cc1ccc([N+](=O)[O-])cc1. The summed E-state index contributed by atoms with van der Waals surface area (Å²) in [5.74, 6) is 0.131. The molecule has 9 nitrogen and oxygen atoms in total. The molecule has 2 N–H and O–H groups in total. The van der Waals surface area contributed by atoms with Crippen LogP contribution >= 0.6 is 23.6 Å². The Balaban J connectivity index is 1.42. The Hall–Kier alpha value is -4.09. The number of non-ortho nitro benzene ring substituents is 1. The third-order valence-electron chi connectivity index (χ3n) is 7.24. The highest BCUT2D eigenvalue weighted by Gasteiger charge is 2.24. The van der Waals surface area contributed by atoms with E-state index in [4.69, 9.17) is 12.2 Å². The van der Waals surface area contributed by atoms with Crippen molar-refractivity contribution in [3.05, 3.63) is 116 Å². The van der Waals surface area contributed by atoms with Gasteiger partial charge in [-0.05, 0) is 40.7 Å². The van der Waals surface area contributed by atoms with Crippen molar-refractivity contribution in [1.82, 2.24) is 25.1 Å². The van der Waals surface area contributed by atoms with Crippen molar-refractivity contribution in [2.75, 3.05) is 6.54 Å². The van der Waals surface area contributed by atoms with Gasteiger partial charge in [0.05, 0.1) is 24.2 Å². The quantitative estimate of drug-likeness (QED) is 0.110. The molecule has 2 heterocycles. The van der Waals surface area contributed by atoms with Crippen LogP contribution in [0, 0.1) is 16.0 Å². The number of nitro benzene ring substituents is 1. The Bertz CT molecular complexity index is 1440. The zero-order chi connectivity index (χ0) is 29.9. The lowest BCUT2D eigenvalue weighted by molar-refractivity contribution is -0.384. The number of carbonyl (C=O) groups is 1. The van der Waals surface area contributed by atoms with Crippen molar-refractivity contribution in [2.45, 2.75) is 52.4 Å². The van der Waals surface area contributed by atoms with Crippen LogP contribution in [-0.4, -0.2) is 43.0 Å². The molecule has 4 aromatic rings. The van der Waals surface area contributed by atoms with Crippen LogP contribution in [-0.2, 0) is 30.8 Å². The molecule has 0 aliphatic carbocycles. The molecule has 0 unspecified atom stereocenters. The van der Waals surface area contributed by atoms with Crippen molar-refractivity contribution < 1.29 is 9.72 Å². The maximum absolute atomic E-state index is 13.4. The molecule has 42 heavy (non-hydrogen) atoms. The summed E-state index contributed by atoms with van der Waals surface area (Å²) in [6.07, 6.45) is 4.44. The van der Waals surface area contributed by atoms with Gasteiger partial charge in [0.15, 0.2) is 5.11 Å². The van der Waals surface area contributed by atoms with Crippen LogP contribution in [0.15, 0.2) is 84.6 Å². The fourth-order valence-electron chi connectivity index (χ4n) is 4.56. The zero-order valence-electron chi connectivity index (χ0n) is 23.8. The first-order valence-corrected chi connectivity index (χ1v) is 15.2. The number of aromatic nitrogens is 2. The topological polar surface area (TPSA) is 105 Å². The molecule has 4 rings (SSSR count). The lowest BCUT2D eigenvalue weighted by Crippen LogP contribution is -2.51. The molecule has 220 valence electrons. The van der Waals surface area contributed by atoms with E-state index in [9.17, 15) is 14.9 Å². The Morgan fingerprint density at radius 2 is 1.88 bits per heavy atom. The van der Waals surface area contributed by atoms with Gasteiger partial charge in [0.25, 0.3) is 5.69 Å². The minimum absolute atomic E-state index is 0.0444. The number of nitro groups is 1. The minimum Gasteiger partial charge on any atom is -0.358 e. The summed E-state index contributed by atoms with van der Waals surface area (Å²) < 4.78 is 1.89. The van der Waals surface area contributed by atoms with E-state index in [-0.39, 0.29) is 30.0 Å². The number of thiophene rings is 1. The van der Waals surface area contributed by atoms with Crippen LogP contribution < -0.4 is 10.6 Å². The first-order valence-electron chi connectivity index (χ1n) is 13.9. The molecular formula is C31H36N6O3S2. The molecule has 2 aromatic carbocycles. The number of carbonyl (C=O) groups excluding carboxylic acids is 1. The summed E-state index contributed by atoms with van der Waals surface area (Å²) in [6, 6.07) is 20.6. The van der Waals surface area contributed by atoms with Crippen molar-refractivity contribution in [2.24, 2.45) is 5.92 Å². The van der Waals surface area contributed by atoms with Crippen LogP contribution in [0.1, 0.15) is 42.0 Å². The average Bonchev–Trinajstić information content (AvgIpc) is 3.67. The molecule has 2 atom stereocenters. The number of hydrogen-bond acceptors (Lipinski definition) is 6. The molecular weight excluding hydrogens is 569 g/mol. The number of imidazole rings is 1. The Labute approximate surface area is 255 Å². The largest absolute Gasteiger partial charge is 0.358 e. The number of nitrogens with one attached hydrogen (secondary N) is 2. The lowest BCUT2D eigenvalue weighted by atomic mass is 9.98. The fraction of sp³-hybridized carbons (Fsp3) is 0.323. The van der Waals surface area contributed by atoms with Gasteiger partial charge in [-0.1, -0.05) is 68.8 Å². The maximum Gasteiger partial charge on any atom is 0.269 e. The molecule has 0 fully saturated rings. The highest BCUT2D eigenvalue weighted by molar-refractivity contribution is 7.80. The summed E-state index contributed by atoms with van der Waals surface area (Å²) in [5, 5.41) is 20.4. The summed E-state index contributed by atoms with van der Waals surface area (Å²) >= 11 is 7.54. The number of benzene rings is 2. The van der Waals surface area contributed by atoms with Gasteiger partial charge < -0.3 is 20.1 Å². The predicted octanol–water partition coefficient (Wildman–Crippen LogP) is 5.55. The van der Waals surface area contributed by atoms with Crippen LogP contribution in [0.25, 0.3) is 0 Å². The van der Waals surface area contributed by atoms with Gasteiger partial charge >= 0.3 is 0 Å². The second-order valence-corrected chi connectivity index (χ2v) is 11.7. The first-order chi connectivity index (χ1) is 20.3. The van der Waals surface area contributed by atoms with Crippen molar-refractivity contribution in [1.29, 1.82) is 0 Å². The van der Waals surface area contributed by atoms with Gasteiger partial charge in [-0.3, -0.25) is 14.9 Å². The van der Waals surface area contributed by atoms with Gasteiger partial charge in [-0.2, -0.15) is 0 Å². The van der Waals surface area contributed by atoms with Gasteiger partial charge in [0, 0.05) is 54.6 Å². The maximum atomic E-state index is 13.4. The highest BCUT2D eigenvalue weighted by atomic mass is 32.1. The average molecular weight is 605 g/mol. The summed E-state index contributed by atoms with van der Waals surface area (Å²) in [5.41, 5.74) is 2.85. The van der Waals surface area contributed by atoms with Gasteiger partial charge in [0.1, 0.15) is 0 Å².